The molecule has 248 valence electrons. The zero-order valence-electron chi connectivity index (χ0n) is 23.6. The number of aromatic nitrogens is 1. The fourth-order valence-electron chi connectivity index (χ4n) is 4.31. The highest BCUT2D eigenvalue weighted by Gasteiger charge is 2.38. The van der Waals surface area contributed by atoms with Crippen molar-refractivity contribution >= 4 is 23.5 Å². The Labute approximate surface area is 255 Å². The highest BCUT2D eigenvalue weighted by atomic mass is 19.4. The van der Waals surface area contributed by atoms with Gasteiger partial charge < -0.3 is 26.0 Å². The predicted octanol–water partition coefficient (Wildman–Crippen LogP) is 4.42. The van der Waals surface area contributed by atoms with Crippen molar-refractivity contribution in [2.75, 3.05) is 12.3 Å². The molecule has 1 heterocycles. The molecule has 4 rings (SSSR count). The van der Waals surface area contributed by atoms with Crippen LogP contribution < -0.4 is 21.8 Å². The lowest BCUT2D eigenvalue weighted by molar-refractivity contribution is -0.192. The molecule has 2 aromatic carbocycles. The van der Waals surface area contributed by atoms with Crippen molar-refractivity contribution in [3.05, 3.63) is 87.2 Å². The first kappa shape index (κ1) is 35.5. The Bertz CT molecular complexity index is 1650. The van der Waals surface area contributed by atoms with Gasteiger partial charge in [-0.15, -0.1) is 0 Å². The van der Waals surface area contributed by atoms with Gasteiger partial charge in [-0.05, 0) is 43.9 Å². The maximum absolute atomic E-state index is 15.0. The molecule has 0 unspecified atom stereocenters. The van der Waals surface area contributed by atoms with E-state index in [1.165, 1.54) is 0 Å². The van der Waals surface area contributed by atoms with E-state index in [4.69, 9.17) is 30.8 Å². The molecule has 5 N–H and O–H groups in total. The molecule has 0 amide bonds. The third-order valence-corrected chi connectivity index (χ3v) is 6.59. The van der Waals surface area contributed by atoms with Crippen LogP contribution in [0.15, 0.2) is 47.3 Å². The van der Waals surface area contributed by atoms with E-state index in [0.29, 0.717) is 10.6 Å². The number of carboxylic acids is 1. The maximum atomic E-state index is 15.0. The van der Waals surface area contributed by atoms with Crippen LogP contribution in [0.3, 0.4) is 0 Å². The highest BCUT2D eigenvalue weighted by molar-refractivity contribution is 6.11. The molecular formula is C29H26F7N3O7. The Balaban J connectivity index is 0.000000738. The van der Waals surface area contributed by atoms with Gasteiger partial charge in [-0.1, -0.05) is 0 Å². The third kappa shape index (κ3) is 8.83. The number of carbonyl (C=O) groups excluding carboxylic acids is 2. The largest absolute Gasteiger partial charge is 0.493 e. The first-order valence-electron chi connectivity index (χ1n) is 13.4. The van der Waals surface area contributed by atoms with E-state index in [1.54, 1.807) is 0 Å². The normalized spacial score (nSPS) is 13.8. The number of hydrogen-bond donors (Lipinski definition) is 3. The molecule has 46 heavy (non-hydrogen) atoms. The van der Waals surface area contributed by atoms with Gasteiger partial charge in [0, 0.05) is 30.7 Å². The first-order chi connectivity index (χ1) is 21.5. The maximum Gasteiger partial charge on any atom is 0.490 e. The summed E-state index contributed by atoms with van der Waals surface area (Å²) in [6, 6.07) is 4.64. The number of nitrogen functional groups attached to an aromatic ring is 1. The minimum absolute atomic E-state index is 0.0209. The second-order valence-electron chi connectivity index (χ2n) is 9.88. The molecule has 1 atom stereocenters. The number of aliphatic carboxylic acids is 1. The number of nitrogens with zero attached hydrogens (tertiary/aromatic N) is 1. The van der Waals surface area contributed by atoms with Crippen molar-refractivity contribution in [2.45, 2.75) is 50.4 Å². The van der Waals surface area contributed by atoms with Gasteiger partial charge in [0.15, 0.2) is 17.4 Å². The molecule has 1 aliphatic carbocycles. The number of hydrogen-bond acceptors (Lipinski definition) is 8. The Morgan fingerprint density at radius 1 is 0.935 bits per heavy atom. The minimum Gasteiger partial charge on any atom is -0.493 e. The van der Waals surface area contributed by atoms with Crippen LogP contribution in [-0.4, -0.2) is 52.3 Å². The van der Waals surface area contributed by atoms with Gasteiger partial charge in [-0.25, -0.2) is 22.4 Å². The molecule has 0 saturated heterocycles. The fourth-order valence-corrected chi connectivity index (χ4v) is 4.31. The number of ketones is 1. The summed E-state index contributed by atoms with van der Waals surface area (Å²) in [6.07, 6.45) is -1.68. The van der Waals surface area contributed by atoms with Crippen molar-refractivity contribution in [2.24, 2.45) is 5.73 Å². The van der Waals surface area contributed by atoms with Gasteiger partial charge in [-0.3, -0.25) is 19.0 Å². The van der Waals surface area contributed by atoms with Crippen LogP contribution in [-0.2, 0) is 14.3 Å². The number of rotatable bonds is 9. The van der Waals surface area contributed by atoms with Crippen molar-refractivity contribution in [3.63, 3.8) is 0 Å². The molecule has 0 radical (unpaired) electrons. The topological polar surface area (TPSA) is 164 Å². The number of pyridine rings is 1. The van der Waals surface area contributed by atoms with E-state index in [-0.39, 0.29) is 24.9 Å². The minimum atomic E-state index is -5.08. The Kier molecular flexibility index (Phi) is 11.5. The average molecular weight is 662 g/mol. The summed E-state index contributed by atoms with van der Waals surface area (Å²) >= 11 is 0. The monoisotopic (exact) mass is 661 g/mol. The van der Waals surface area contributed by atoms with E-state index in [2.05, 4.69) is 0 Å². The van der Waals surface area contributed by atoms with Crippen LogP contribution in [0.4, 0.5) is 36.6 Å². The molecule has 10 nitrogen and oxygen atoms in total. The van der Waals surface area contributed by atoms with Crippen molar-refractivity contribution in [1.29, 1.82) is 0 Å². The number of nitrogens with two attached hydrogens (primary N) is 2. The summed E-state index contributed by atoms with van der Waals surface area (Å²) in [5.41, 5.74) is 8.91. The zero-order chi connectivity index (χ0) is 34.3. The summed E-state index contributed by atoms with van der Waals surface area (Å²) in [6.45, 7) is -0.158. The van der Waals surface area contributed by atoms with Crippen LogP contribution in [0, 0.1) is 23.3 Å². The SMILES string of the molecule is Nc1c(C(=O)c2ccc(F)cc2F)ccc(=O)n1-c1c(F)cc(OCC[C@H](N)C(=O)OC2CCCC2)cc1F.O=C(O)C(F)(F)F. The zero-order valence-corrected chi connectivity index (χ0v) is 23.6. The second kappa shape index (κ2) is 14.9. The van der Waals surface area contributed by atoms with E-state index in [1.807, 2.05) is 0 Å². The summed E-state index contributed by atoms with van der Waals surface area (Å²) in [5, 5.41) is 7.12. The molecule has 17 heteroatoms. The lowest BCUT2D eigenvalue weighted by atomic mass is 10.0. The highest BCUT2D eigenvalue weighted by Crippen LogP contribution is 2.27. The van der Waals surface area contributed by atoms with Crippen LogP contribution in [0.1, 0.15) is 48.0 Å². The standard InChI is InChI=1S/C27H25F4N3O5.C2HF3O2/c28-14-5-6-17(19(29)11-14)25(36)18-7-8-23(35)34(26(18)33)24-20(30)12-16(13-21(24)31)38-10-9-22(32)27(37)39-15-3-1-2-4-15;3-2(4,5)1(6)7/h5-8,11-13,15,22H,1-4,9-10,32-33H2;(H,6,7)/t22-;/m0./s1. The summed E-state index contributed by atoms with van der Waals surface area (Å²) in [5.74, 6) is -9.87. The number of carbonyl (C=O) groups is 3. The molecule has 3 aromatic rings. The lowest BCUT2D eigenvalue weighted by Crippen LogP contribution is -2.35. The molecule has 1 aliphatic rings. The van der Waals surface area contributed by atoms with Crippen LogP contribution in [0.25, 0.3) is 5.69 Å². The van der Waals surface area contributed by atoms with Gasteiger partial charge >= 0.3 is 18.1 Å². The smallest absolute Gasteiger partial charge is 0.490 e. The van der Waals surface area contributed by atoms with Crippen LogP contribution >= 0.6 is 0 Å². The second-order valence-corrected chi connectivity index (χ2v) is 9.88. The predicted molar refractivity (Wildman–Crippen MR) is 146 cm³/mol. The van der Waals surface area contributed by atoms with E-state index in [0.717, 1.165) is 62.1 Å². The molecule has 0 bridgehead atoms. The number of carboxylic acid groups (broad SMARTS) is 1. The van der Waals surface area contributed by atoms with E-state index >= 15 is 8.78 Å². The molecule has 1 saturated carbocycles. The Hall–Kier alpha value is -4.93. The third-order valence-electron chi connectivity index (χ3n) is 6.59. The number of halogens is 7. The van der Waals surface area contributed by atoms with E-state index < -0.39 is 81.4 Å². The quantitative estimate of drug-likeness (QED) is 0.171. The van der Waals surface area contributed by atoms with Crippen LogP contribution in [0.5, 0.6) is 5.75 Å². The van der Waals surface area contributed by atoms with Gasteiger partial charge in [-0.2, -0.15) is 13.2 Å². The molecule has 1 fully saturated rings. The van der Waals surface area contributed by atoms with Gasteiger partial charge in [0.25, 0.3) is 5.56 Å². The van der Waals surface area contributed by atoms with Gasteiger partial charge in [0.05, 0.1) is 17.7 Å². The number of esters is 1. The number of anilines is 1. The molecular weight excluding hydrogens is 635 g/mol. The summed E-state index contributed by atoms with van der Waals surface area (Å²) in [4.78, 5) is 46.3. The number of alkyl halides is 3. The lowest BCUT2D eigenvalue weighted by Gasteiger charge is -2.17. The van der Waals surface area contributed by atoms with E-state index in [9.17, 15) is 36.3 Å². The van der Waals surface area contributed by atoms with Gasteiger partial charge in [0.2, 0.25) is 0 Å². The first-order valence-corrected chi connectivity index (χ1v) is 13.4. The Morgan fingerprint density at radius 3 is 2.04 bits per heavy atom. The molecule has 1 aromatic heterocycles. The van der Waals surface area contributed by atoms with Crippen molar-refractivity contribution < 1.29 is 59.7 Å². The Morgan fingerprint density at radius 2 is 1.50 bits per heavy atom. The molecule has 0 spiro atoms. The number of benzene rings is 2. The molecule has 0 aliphatic heterocycles. The fraction of sp³-hybridized carbons (Fsp3) is 0.310. The average Bonchev–Trinajstić information content (AvgIpc) is 3.47. The van der Waals surface area contributed by atoms with Gasteiger partial charge in [0.1, 0.15) is 41.0 Å². The van der Waals surface area contributed by atoms with Crippen LogP contribution in [0.2, 0.25) is 0 Å². The summed E-state index contributed by atoms with van der Waals surface area (Å²) < 4.78 is 100. The van der Waals surface area contributed by atoms with Crippen molar-refractivity contribution in [3.8, 4) is 11.4 Å². The number of ether oxygens (including phenoxy) is 2. The summed E-state index contributed by atoms with van der Waals surface area (Å²) in [7, 11) is 0. The van der Waals surface area contributed by atoms with Crippen molar-refractivity contribution in [1.82, 2.24) is 4.57 Å².